The number of hydrogen-bond acceptors (Lipinski definition) is 4. The second kappa shape index (κ2) is 6.01. The number of nitrogen functional groups attached to an aromatic ring is 1. The van der Waals surface area contributed by atoms with Crippen LogP contribution in [0.25, 0.3) is 0 Å². The first-order valence-corrected chi connectivity index (χ1v) is 7.39. The Morgan fingerprint density at radius 1 is 1.56 bits per heavy atom. The van der Waals surface area contributed by atoms with E-state index in [9.17, 15) is 8.42 Å². The molecule has 0 spiro atoms. The van der Waals surface area contributed by atoms with E-state index in [0.717, 1.165) is 12.8 Å². The van der Waals surface area contributed by atoms with Crippen molar-refractivity contribution < 1.29 is 8.42 Å². The van der Waals surface area contributed by atoms with Gasteiger partial charge in [-0.3, -0.25) is 0 Å². The molecule has 1 heterocycles. The average Bonchev–Trinajstić information content (AvgIpc) is 2.72. The van der Waals surface area contributed by atoms with Gasteiger partial charge in [-0.05, 0) is 12.8 Å². The summed E-state index contributed by atoms with van der Waals surface area (Å²) in [5.41, 5.74) is 5.87. The fourth-order valence-electron chi connectivity index (χ4n) is 1.73. The van der Waals surface area contributed by atoms with Gasteiger partial charge in [-0.15, -0.1) is 6.58 Å². The van der Waals surface area contributed by atoms with Crippen molar-refractivity contribution in [3.8, 4) is 0 Å². The Morgan fingerprint density at radius 3 is 2.67 bits per heavy atom. The van der Waals surface area contributed by atoms with Gasteiger partial charge in [0.15, 0.2) is 0 Å². The Balaban J connectivity index is 3.10. The Morgan fingerprint density at radius 2 is 2.17 bits per heavy atom. The summed E-state index contributed by atoms with van der Waals surface area (Å²) in [5.74, 6) is 0.181. The van der Waals surface area contributed by atoms with Gasteiger partial charge in [-0.25, -0.2) is 17.8 Å². The number of rotatable bonds is 7. The molecule has 0 aliphatic carbocycles. The van der Waals surface area contributed by atoms with Crippen LogP contribution in [0.2, 0.25) is 0 Å². The van der Waals surface area contributed by atoms with Gasteiger partial charge in [0.05, 0.1) is 12.2 Å². The summed E-state index contributed by atoms with van der Waals surface area (Å²) in [7, 11) is -3.61. The van der Waals surface area contributed by atoms with Crippen LogP contribution in [0.4, 0.5) is 5.82 Å². The lowest BCUT2D eigenvalue weighted by Crippen LogP contribution is -2.24. The smallest absolute Gasteiger partial charge is 0.246 e. The third-order valence-corrected chi connectivity index (χ3v) is 4.23. The summed E-state index contributed by atoms with van der Waals surface area (Å²) in [6, 6.07) is 0.119. The van der Waals surface area contributed by atoms with Crippen molar-refractivity contribution in [2.75, 3.05) is 12.3 Å². The lowest BCUT2D eigenvalue weighted by molar-refractivity contribution is 0.434. The van der Waals surface area contributed by atoms with E-state index < -0.39 is 10.0 Å². The minimum Gasteiger partial charge on any atom is -0.383 e. The first-order chi connectivity index (χ1) is 8.47. The van der Waals surface area contributed by atoms with Crippen LogP contribution in [-0.2, 0) is 10.0 Å². The number of anilines is 1. The monoisotopic (exact) mass is 272 g/mol. The molecule has 0 atom stereocenters. The maximum atomic E-state index is 11.9. The summed E-state index contributed by atoms with van der Waals surface area (Å²) < 4.78 is 27.8. The molecule has 0 aliphatic rings. The van der Waals surface area contributed by atoms with Gasteiger partial charge >= 0.3 is 0 Å². The predicted octanol–water partition coefficient (Wildman–Crippen LogP) is 1.29. The van der Waals surface area contributed by atoms with Crippen molar-refractivity contribution in [3.63, 3.8) is 0 Å². The van der Waals surface area contributed by atoms with E-state index in [1.165, 1.54) is 12.3 Å². The fourth-order valence-corrected chi connectivity index (χ4v) is 2.78. The van der Waals surface area contributed by atoms with Crippen LogP contribution in [0, 0.1) is 0 Å². The van der Waals surface area contributed by atoms with Gasteiger partial charge in [0.1, 0.15) is 10.7 Å². The second-order valence-corrected chi connectivity index (χ2v) is 5.68. The molecule has 0 bridgehead atoms. The maximum absolute atomic E-state index is 11.9. The summed E-state index contributed by atoms with van der Waals surface area (Å²) in [4.78, 5) is 0.0243. The van der Waals surface area contributed by atoms with E-state index in [2.05, 4.69) is 16.4 Å². The largest absolute Gasteiger partial charge is 0.383 e. The molecular formula is C11H20N4O2S. The number of nitrogens with one attached hydrogen (secondary N) is 1. The van der Waals surface area contributed by atoms with Gasteiger partial charge in [-0.2, -0.15) is 5.10 Å². The number of aromatic nitrogens is 2. The fraction of sp³-hybridized carbons (Fsp3) is 0.545. The highest BCUT2D eigenvalue weighted by atomic mass is 32.2. The highest BCUT2D eigenvalue weighted by Gasteiger charge is 2.23. The highest BCUT2D eigenvalue weighted by Crippen LogP contribution is 2.24. The van der Waals surface area contributed by atoms with Gasteiger partial charge in [-0.1, -0.05) is 19.9 Å². The Kier molecular flexibility index (Phi) is 4.92. The molecule has 1 aromatic heterocycles. The van der Waals surface area contributed by atoms with E-state index in [1.807, 2.05) is 13.8 Å². The first kappa shape index (κ1) is 14.7. The zero-order chi connectivity index (χ0) is 13.8. The van der Waals surface area contributed by atoms with E-state index in [-0.39, 0.29) is 23.3 Å². The highest BCUT2D eigenvalue weighted by molar-refractivity contribution is 7.89. The zero-order valence-corrected chi connectivity index (χ0v) is 11.6. The minimum atomic E-state index is -3.61. The molecule has 3 N–H and O–H groups in total. The predicted molar refractivity (Wildman–Crippen MR) is 71.6 cm³/mol. The minimum absolute atomic E-state index is 0.0243. The molecule has 1 rings (SSSR count). The lowest BCUT2D eigenvalue weighted by atomic mass is 10.2. The Bertz CT molecular complexity index is 503. The van der Waals surface area contributed by atoms with E-state index >= 15 is 0 Å². The van der Waals surface area contributed by atoms with Crippen LogP contribution in [-0.4, -0.2) is 24.7 Å². The quantitative estimate of drug-likeness (QED) is 0.732. The van der Waals surface area contributed by atoms with E-state index in [0.29, 0.717) is 0 Å². The van der Waals surface area contributed by atoms with E-state index in [4.69, 9.17) is 5.73 Å². The average molecular weight is 272 g/mol. The second-order valence-electron chi connectivity index (χ2n) is 3.95. The number of hydrogen-bond donors (Lipinski definition) is 2. The third kappa shape index (κ3) is 2.91. The van der Waals surface area contributed by atoms with Crippen LogP contribution >= 0.6 is 0 Å². The zero-order valence-electron chi connectivity index (χ0n) is 10.8. The molecule has 0 fully saturated rings. The third-order valence-electron chi connectivity index (χ3n) is 2.79. The van der Waals surface area contributed by atoms with Crippen LogP contribution in [0.5, 0.6) is 0 Å². The summed E-state index contributed by atoms with van der Waals surface area (Å²) in [5, 5.41) is 4.08. The van der Waals surface area contributed by atoms with Crippen molar-refractivity contribution in [1.82, 2.24) is 14.5 Å². The number of nitrogens with two attached hydrogens (primary N) is 1. The molecule has 0 unspecified atom stereocenters. The SMILES string of the molecule is C=CCNS(=O)(=O)c1cnn(C(CC)CC)c1N. The van der Waals surface area contributed by atoms with Crippen molar-refractivity contribution in [2.45, 2.75) is 37.6 Å². The maximum Gasteiger partial charge on any atom is 0.246 e. The van der Waals surface area contributed by atoms with Gasteiger partial charge in [0.25, 0.3) is 0 Å². The normalized spacial score (nSPS) is 11.9. The van der Waals surface area contributed by atoms with Crippen LogP contribution in [0.1, 0.15) is 32.7 Å². The molecular weight excluding hydrogens is 252 g/mol. The summed E-state index contributed by atoms with van der Waals surface area (Å²) in [6.45, 7) is 7.65. The van der Waals surface area contributed by atoms with Crippen LogP contribution in [0.3, 0.4) is 0 Å². The molecule has 0 amide bonds. The number of nitrogens with zero attached hydrogens (tertiary/aromatic N) is 2. The Hall–Kier alpha value is -1.34. The molecule has 1 aromatic rings. The van der Waals surface area contributed by atoms with Crippen LogP contribution < -0.4 is 10.5 Å². The van der Waals surface area contributed by atoms with Gasteiger partial charge in [0, 0.05) is 6.54 Å². The molecule has 7 heteroatoms. The lowest BCUT2D eigenvalue weighted by Gasteiger charge is -2.15. The van der Waals surface area contributed by atoms with Gasteiger partial charge in [0.2, 0.25) is 10.0 Å². The molecule has 102 valence electrons. The molecule has 18 heavy (non-hydrogen) atoms. The van der Waals surface area contributed by atoms with Crippen LogP contribution in [0.15, 0.2) is 23.7 Å². The molecule has 0 saturated carbocycles. The van der Waals surface area contributed by atoms with Crippen molar-refractivity contribution in [2.24, 2.45) is 0 Å². The van der Waals surface area contributed by atoms with E-state index in [1.54, 1.807) is 4.68 Å². The topological polar surface area (TPSA) is 90.0 Å². The Labute approximate surface area is 108 Å². The molecule has 0 aromatic carbocycles. The van der Waals surface area contributed by atoms with Crippen molar-refractivity contribution >= 4 is 15.8 Å². The number of sulfonamides is 1. The first-order valence-electron chi connectivity index (χ1n) is 5.91. The van der Waals surface area contributed by atoms with Gasteiger partial charge < -0.3 is 5.73 Å². The molecule has 0 radical (unpaired) electrons. The molecule has 0 saturated heterocycles. The standard InChI is InChI=1S/C11H20N4O2S/c1-4-7-14-18(16,17)10-8-13-15(11(10)12)9(5-2)6-3/h4,8-9,14H,1,5-7,12H2,2-3H3. The molecule has 0 aliphatic heterocycles. The summed E-state index contributed by atoms with van der Waals surface area (Å²) >= 11 is 0. The van der Waals surface area contributed by atoms with Crippen molar-refractivity contribution in [3.05, 3.63) is 18.9 Å². The van der Waals surface area contributed by atoms with Crippen molar-refractivity contribution in [1.29, 1.82) is 0 Å². The summed E-state index contributed by atoms with van der Waals surface area (Å²) in [6.07, 6.45) is 4.46. The molecule has 6 nitrogen and oxygen atoms in total.